The number of hydrogen-bond donors (Lipinski definition) is 0. The fraction of sp³-hybridized carbons (Fsp3) is 0.0714. The Morgan fingerprint density at radius 3 is 2.85 bits per heavy atom. The van der Waals surface area contributed by atoms with Gasteiger partial charge in [0.15, 0.2) is 11.5 Å². The van der Waals surface area contributed by atoms with Gasteiger partial charge in [0.1, 0.15) is 11.8 Å². The molecule has 0 saturated heterocycles. The van der Waals surface area contributed by atoms with E-state index in [1.165, 1.54) is 0 Å². The van der Waals surface area contributed by atoms with Crippen molar-refractivity contribution in [3.8, 4) is 23.2 Å². The summed E-state index contributed by atoms with van der Waals surface area (Å²) >= 11 is 3.50. The van der Waals surface area contributed by atoms with Gasteiger partial charge in [-0.15, -0.1) is 10.2 Å². The van der Waals surface area contributed by atoms with E-state index in [0.717, 1.165) is 15.8 Å². The van der Waals surface area contributed by atoms with Crippen molar-refractivity contribution >= 4 is 21.6 Å². The highest BCUT2D eigenvalue weighted by atomic mass is 79.9. The van der Waals surface area contributed by atoms with Crippen molar-refractivity contribution in [2.75, 3.05) is 7.11 Å². The molecule has 0 spiro atoms. The zero-order valence-corrected chi connectivity index (χ0v) is 12.1. The number of pyridine rings is 1. The Morgan fingerprint density at radius 1 is 1.25 bits per heavy atom. The van der Waals surface area contributed by atoms with Crippen LogP contribution in [0.2, 0.25) is 0 Å². The minimum atomic E-state index is 0.553. The Bertz CT molecular complexity index is 835. The van der Waals surface area contributed by atoms with Crippen LogP contribution in [0.5, 0.6) is 5.75 Å². The van der Waals surface area contributed by atoms with Crippen LogP contribution in [0.1, 0.15) is 5.56 Å². The molecule has 0 aliphatic carbocycles. The molecule has 0 atom stereocenters. The third-order valence-electron chi connectivity index (χ3n) is 2.95. The number of ether oxygens (including phenoxy) is 1. The Labute approximate surface area is 123 Å². The molecule has 0 radical (unpaired) electrons. The van der Waals surface area contributed by atoms with E-state index in [4.69, 9.17) is 10.00 Å². The highest BCUT2D eigenvalue weighted by Gasteiger charge is 2.12. The van der Waals surface area contributed by atoms with Gasteiger partial charge in [-0.3, -0.25) is 4.40 Å². The van der Waals surface area contributed by atoms with Crippen LogP contribution in [0.25, 0.3) is 17.0 Å². The number of halogens is 1. The third-order valence-corrected chi connectivity index (χ3v) is 3.64. The Kier molecular flexibility index (Phi) is 3.12. The van der Waals surface area contributed by atoms with E-state index in [2.05, 4.69) is 32.2 Å². The minimum absolute atomic E-state index is 0.553. The summed E-state index contributed by atoms with van der Waals surface area (Å²) in [5, 5.41) is 17.3. The molecular formula is C14H9BrN4O. The van der Waals surface area contributed by atoms with Crippen molar-refractivity contribution in [3.63, 3.8) is 0 Å². The number of nitrogens with zero attached hydrogens (tertiary/aromatic N) is 4. The highest BCUT2D eigenvalue weighted by Crippen LogP contribution is 2.30. The first-order valence-electron chi connectivity index (χ1n) is 5.81. The summed E-state index contributed by atoms with van der Waals surface area (Å²) in [6, 6.07) is 11.2. The Balaban J connectivity index is 2.27. The molecule has 0 saturated carbocycles. The second kappa shape index (κ2) is 4.94. The zero-order valence-electron chi connectivity index (χ0n) is 10.5. The van der Waals surface area contributed by atoms with Crippen LogP contribution < -0.4 is 4.74 Å². The van der Waals surface area contributed by atoms with E-state index in [0.29, 0.717) is 17.0 Å². The number of rotatable bonds is 2. The van der Waals surface area contributed by atoms with E-state index >= 15 is 0 Å². The smallest absolute Gasteiger partial charge is 0.169 e. The molecule has 5 nitrogen and oxygen atoms in total. The summed E-state index contributed by atoms with van der Waals surface area (Å²) in [5.41, 5.74) is 2.10. The lowest BCUT2D eigenvalue weighted by Crippen LogP contribution is -1.92. The number of aromatic nitrogens is 3. The fourth-order valence-corrected chi connectivity index (χ4v) is 2.37. The van der Waals surface area contributed by atoms with Crippen LogP contribution in [0.15, 0.2) is 41.0 Å². The Morgan fingerprint density at radius 2 is 2.10 bits per heavy atom. The first-order chi connectivity index (χ1) is 9.72. The topological polar surface area (TPSA) is 63.2 Å². The van der Waals surface area contributed by atoms with Crippen LogP contribution in [0.4, 0.5) is 0 Å². The van der Waals surface area contributed by atoms with Gasteiger partial charge in [0.05, 0.1) is 12.7 Å². The molecule has 0 bridgehead atoms. The Hall–Kier alpha value is -2.39. The normalized spacial score (nSPS) is 10.4. The lowest BCUT2D eigenvalue weighted by atomic mass is 10.2. The lowest BCUT2D eigenvalue weighted by molar-refractivity contribution is 0.415. The van der Waals surface area contributed by atoms with Crippen molar-refractivity contribution in [2.24, 2.45) is 0 Å². The van der Waals surface area contributed by atoms with Gasteiger partial charge >= 0.3 is 0 Å². The standard InChI is InChI=1S/C14H9BrN4O/c1-20-10-3-4-12(15)11(6-10)14-18-17-13-5-2-9(7-16)8-19(13)14/h2-6,8H,1H3. The van der Waals surface area contributed by atoms with Gasteiger partial charge in [-0.25, -0.2) is 0 Å². The van der Waals surface area contributed by atoms with Crippen LogP contribution in [-0.2, 0) is 0 Å². The molecule has 2 aromatic heterocycles. The van der Waals surface area contributed by atoms with Gasteiger partial charge in [-0.2, -0.15) is 5.26 Å². The molecule has 98 valence electrons. The number of fused-ring (bicyclic) bond motifs is 1. The molecule has 6 heteroatoms. The molecule has 3 aromatic rings. The van der Waals surface area contributed by atoms with Crippen LogP contribution in [-0.4, -0.2) is 21.7 Å². The van der Waals surface area contributed by atoms with Gasteiger partial charge in [0.2, 0.25) is 0 Å². The van der Waals surface area contributed by atoms with Gasteiger partial charge in [0, 0.05) is 16.2 Å². The van der Waals surface area contributed by atoms with Crippen LogP contribution in [0, 0.1) is 11.3 Å². The first-order valence-corrected chi connectivity index (χ1v) is 6.61. The molecule has 1 aromatic carbocycles. The van der Waals surface area contributed by atoms with Gasteiger partial charge in [-0.1, -0.05) is 15.9 Å². The van der Waals surface area contributed by atoms with Gasteiger partial charge in [0.25, 0.3) is 0 Å². The average molecular weight is 329 g/mol. The van der Waals surface area contributed by atoms with Crippen molar-refractivity contribution in [2.45, 2.75) is 0 Å². The van der Waals surface area contributed by atoms with E-state index in [1.807, 2.05) is 18.2 Å². The third kappa shape index (κ3) is 2.02. The maximum atomic E-state index is 9.00. The summed E-state index contributed by atoms with van der Waals surface area (Å²) in [7, 11) is 1.61. The maximum Gasteiger partial charge on any atom is 0.169 e. The molecule has 0 aliphatic heterocycles. The van der Waals surface area contributed by atoms with Crippen LogP contribution >= 0.6 is 15.9 Å². The van der Waals surface area contributed by atoms with E-state index in [9.17, 15) is 0 Å². The monoisotopic (exact) mass is 328 g/mol. The van der Waals surface area contributed by atoms with E-state index in [-0.39, 0.29) is 0 Å². The summed E-state index contributed by atoms with van der Waals surface area (Å²) in [6.45, 7) is 0. The fourth-order valence-electron chi connectivity index (χ4n) is 1.94. The number of hydrogen-bond acceptors (Lipinski definition) is 4. The van der Waals surface area contributed by atoms with E-state index < -0.39 is 0 Å². The first kappa shape index (κ1) is 12.6. The van der Waals surface area contributed by atoms with E-state index in [1.54, 1.807) is 29.8 Å². The molecule has 0 unspecified atom stereocenters. The molecule has 3 rings (SSSR count). The molecule has 0 fully saturated rings. The van der Waals surface area contributed by atoms with Crippen molar-refractivity contribution in [1.82, 2.24) is 14.6 Å². The minimum Gasteiger partial charge on any atom is -0.497 e. The van der Waals surface area contributed by atoms with Gasteiger partial charge in [-0.05, 0) is 30.3 Å². The second-order valence-corrected chi connectivity index (χ2v) is 4.98. The SMILES string of the molecule is COc1ccc(Br)c(-c2nnc3ccc(C#N)cn23)c1. The number of methoxy groups -OCH3 is 1. The average Bonchev–Trinajstić information content (AvgIpc) is 2.90. The number of nitriles is 1. The second-order valence-electron chi connectivity index (χ2n) is 4.13. The largest absolute Gasteiger partial charge is 0.497 e. The zero-order chi connectivity index (χ0) is 14.1. The van der Waals surface area contributed by atoms with Crippen molar-refractivity contribution in [3.05, 3.63) is 46.6 Å². The summed E-state index contributed by atoms with van der Waals surface area (Å²) in [5.74, 6) is 1.39. The summed E-state index contributed by atoms with van der Waals surface area (Å²) in [4.78, 5) is 0. The highest BCUT2D eigenvalue weighted by molar-refractivity contribution is 9.10. The summed E-state index contributed by atoms with van der Waals surface area (Å²) in [6.07, 6.45) is 1.72. The van der Waals surface area contributed by atoms with Crippen LogP contribution in [0.3, 0.4) is 0 Å². The summed E-state index contributed by atoms with van der Waals surface area (Å²) < 4.78 is 7.91. The predicted octanol–water partition coefficient (Wildman–Crippen LogP) is 3.04. The van der Waals surface area contributed by atoms with Gasteiger partial charge < -0.3 is 4.74 Å². The van der Waals surface area contributed by atoms with Crippen molar-refractivity contribution in [1.29, 1.82) is 5.26 Å². The predicted molar refractivity (Wildman–Crippen MR) is 77.4 cm³/mol. The molecule has 0 amide bonds. The van der Waals surface area contributed by atoms with Crippen molar-refractivity contribution < 1.29 is 4.74 Å². The molecule has 0 N–H and O–H groups in total. The quantitative estimate of drug-likeness (QED) is 0.725. The molecule has 2 heterocycles. The lowest BCUT2D eigenvalue weighted by Gasteiger charge is -2.06. The molecular weight excluding hydrogens is 320 g/mol. The number of benzene rings is 1. The maximum absolute atomic E-state index is 9.00. The molecule has 20 heavy (non-hydrogen) atoms. The molecule has 0 aliphatic rings.